The molecule has 0 aliphatic carbocycles. The molecule has 1 unspecified atom stereocenters. The minimum Gasteiger partial charge on any atom is -0.391 e. The second kappa shape index (κ2) is 6.43. The van der Waals surface area contributed by atoms with Gasteiger partial charge in [0.1, 0.15) is 11.6 Å². The molecule has 128 valence electrons. The van der Waals surface area contributed by atoms with Crippen molar-refractivity contribution < 1.29 is 21.4 Å². The van der Waals surface area contributed by atoms with Crippen LogP contribution in [0.5, 0.6) is 0 Å². The zero-order chi connectivity index (χ0) is 17.2. The van der Waals surface area contributed by atoms with Gasteiger partial charge in [0, 0.05) is 6.20 Å². The minimum absolute atomic E-state index is 0.0480. The van der Waals surface area contributed by atoms with Crippen molar-refractivity contribution in [1.82, 2.24) is 5.32 Å². The van der Waals surface area contributed by atoms with Crippen LogP contribution in [0.3, 0.4) is 0 Å². The van der Waals surface area contributed by atoms with Crippen molar-refractivity contribution in [3.8, 4) is 0 Å². The van der Waals surface area contributed by atoms with E-state index in [1.54, 1.807) is 6.92 Å². The molecular weight excluding hydrogens is 325 g/mol. The highest BCUT2D eigenvalue weighted by Gasteiger charge is 2.46. The van der Waals surface area contributed by atoms with Gasteiger partial charge in [-0.15, -0.1) is 0 Å². The van der Waals surface area contributed by atoms with Gasteiger partial charge in [-0.2, -0.15) is 8.42 Å². The molecule has 1 heterocycles. The monoisotopic (exact) mass is 351 g/mol. The van der Waals surface area contributed by atoms with Gasteiger partial charge >= 0.3 is 0 Å². The third kappa shape index (κ3) is 4.90. The number of hydrogen-bond acceptors (Lipinski definition) is 5. The summed E-state index contributed by atoms with van der Waals surface area (Å²) in [5.41, 5.74) is -1.31. The van der Waals surface area contributed by atoms with Crippen molar-refractivity contribution in [2.24, 2.45) is 0 Å². The van der Waals surface area contributed by atoms with Gasteiger partial charge in [0.2, 0.25) is 0 Å². The van der Waals surface area contributed by atoms with Crippen LogP contribution in [0.2, 0.25) is 18.1 Å². The van der Waals surface area contributed by atoms with Crippen LogP contribution < -0.4 is 5.32 Å². The summed E-state index contributed by atoms with van der Waals surface area (Å²) in [6.07, 6.45) is 3.75. The molecule has 0 aromatic carbocycles. The van der Waals surface area contributed by atoms with Crippen molar-refractivity contribution in [3.63, 3.8) is 0 Å². The second-order valence-corrected chi connectivity index (χ2v) is 13.2. The summed E-state index contributed by atoms with van der Waals surface area (Å²) in [7, 11) is -6.09. The molecule has 22 heavy (non-hydrogen) atoms. The van der Waals surface area contributed by atoms with Crippen LogP contribution in [-0.4, -0.2) is 34.8 Å². The first kappa shape index (κ1) is 19.3. The zero-order valence-corrected chi connectivity index (χ0v) is 15.9. The van der Waals surface area contributed by atoms with E-state index >= 15 is 0 Å². The molecule has 1 atom stereocenters. The van der Waals surface area contributed by atoms with Gasteiger partial charge in [-0.25, -0.2) is 4.39 Å². The van der Waals surface area contributed by atoms with Gasteiger partial charge in [0.25, 0.3) is 10.1 Å². The van der Waals surface area contributed by atoms with E-state index in [1.807, 2.05) is 33.9 Å². The zero-order valence-electron chi connectivity index (χ0n) is 14.1. The van der Waals surface area contributed by atoms with Crippen molar-refractivity contribution in [1.29, 1.82) is 0 Å². The highest BCUT2D eigenvalue weighted by atomic mass is 32.2. The van der Waals surface area contributed by atoms with E-state index < -0.39 is 35.7 Å². The van der Waals surface area contributed by atoms with Gasteiger partial charge in [-0.3, -0.25) is 4.18 Å². The van der Waals surface area contributed by atoms with E-state index in [1.165, 1.54) is 12.2 Å². The van der Waals surface area contributed by atoms with Crippen molar-refractivity contribution in [2.45, 2.75) is 51.6 Å². The molecule has 0 bridgehead atoms. The topological polar surface area (TPSA) is 64.6 Å². The highest BCUT2D eigenvalue weighted by Crippen LogP contribution is 2.39. The molecular formula is C14H26FNO4SSi. The quantitative estimate of drug-likeness (QED) is 0.588. The fourth-order valence-electron chi connectivity index (χ4n) is 1.78. The molecule has 0 fully saturated rings. The summed E-state index contributed by atoms with van der Waals surface area (Å²) >= 11 is 0. The Morgan fingerprint density at radius 2 is 1.95 bits per heavy atom. The summed E-state index contributed by atoms with van der Waals surface area (Å²) in [5.74, 6) is -0.899. The Balaban J connectivity index is 3.13. The summed E-state index contributed by atoms with van der Waals surface area (Å²) < 4.78 is 48.4. The van der Waals surface area contributed by atoms with Gasteiger partial charge in [0.05, 0.1) is 6.61 Å². The molecule has 5 nitrogen and oxygen atoms in total. The number of halogens is 1. The van der Waals surface area contributed by atoms with Crippen molar-refractivity contribution in [2.75, 3.05) is 12.4 Å². The molecule has 0 amide bonds. The average Bonchev–Trinajstić information content (AvgIpc) is 2.30. The lowest BCUT2D eigenvalue weighted by atomic mass is 10.2. The maximum Gasteiger partial charge on any atom is 0.272 e. The molecule has 0 spiro atoms. The van der Waals surface area contributed by atoms with E-state index in [2.05, 4.69) is 5.32 Å². The van der Waals surface area contributed by atoms with E-state index in [0.717, 1.165) is 6.20 Å². The smallest absolute Gasteiger partial charge is 0.272 e. The third-order valence-electron chi connectivity index (χ3n) is 3.90. The fraction of sp³-hybridized carbons (Fsp3) is 0.714. The lowest BCUT2D eigenvalue weighted by Crippen LogP contribution is -2.58. The molecule has 1 N–H and O–H groups in total. The first-order valence-corrected chi connectivity index (χ1v) is 11.7. The number of hydrogen-bond donors (Lipinski definition) is 1. The first-order valence-electron chi connectivity index (χ1n) is 7.22. The van der Waals surface area contributed by atoms with Crippen LogP contribution >= 0.6 is 0 Å². The van der Waals surface area contributed by atoms with Gasteiger partial charge in [0.15, 0.2) is 14.0 Å². The van der Waals surface area contributed by atoms with Crippen molar-refractivity contribution in [3.05, 3.63) is 24.2 Å². The number of dihydropyridines is 1. The molecule has 0 aromatic heterocycles. The molecule has 1 rings (SSSR count). The predicted octanol–water partition coefficient (Wildman–Crippen LogP) is 3.04. The first-order chi connectivity index (χ1) is 9.83. The second-order valence-electron chi connectivity index (χ2n) is 6.87. The predicted molar refractivity (Wildman–Crippen MR) is 87.9 cm³/mol. The Morgan fingerprint density at radius 1 is 1.36 bits per heavy atom. The normalized spacial score (nSPS) is 23.1. The maximum absolute atomic E-state index is 13.3. The number of rotatable bonds is 6. The van der Waals surface area contributed by atoms with Gasteiger partial charge in [-0.05, 0) is 37.2 Å². The SMILES string of the molecule is CCOS(=O)(=O)CC1(O[Si](C)(C)C(C)(C)C)C=CC(F)=CN1. The van der Waals surface area contributed by atoms with Crippen LogP contribution in [0.1, 0.15) is 27.7 Å². The lowest BCUT2D eigenvalue weighted by molar-refractivity contribution is 0.0973. The molecule has 0 saturated carbocycles. The third-order valence-corrected chi connectivity index (χ3v) is 9.76. The Hall–Kier alpha value is -0.703. The summed E-state index contributed by atoms with van der Waals surface area (Å²) in [6, 6.07) is 0. The standard InChI is InChI=1S/C14H26FNO4SSi/c1-7-19-21(17,18)11-14(9-8-12(15)10-16-14)20-22(5,6)13(2,3)4/h8-10,16H,7,11H2,1-6H3. The van der Waals surface area contributed by atoms with Crippen LogP contribution in [0.4, 0.5) is 4.39 Å². The maximum atomic E-state index is 13.3. The largest absolute Gasteiger partial charge is 0.391 e. The van der Waals surface area contributed by atoms with Crippen LogP contribution in [0.25, 0.3) is 0 Å². The Morgan fingerprint density at radius 3 is 2.36 bits per heavy atom. The Labute approximate surface area is 133 Å². The Kier molecular flexibility index (Phi) is 5.65. The molecule has 0 saturated heterocycles. The van der Waals surface area contributed by atoms with Gasteiger partial charge in [-0.1, -0.05) is 20.8 Å². The average molecular weight is 352 g/mol. The van der Waals surface area contributed by atoms with Crippen LogP contribution in [0, 0.1) is 0 Å². The van der Waals surface area contributed by atoms with Crippen LogP contribution in [-0.2, 0) is 18.7 Å². The molecule has 1 aliphatic heterocycles. The highest BCUT2D eigenvalue weighted by molar-refractivity contribution is 7.86. The number of allylic oxidation sites excluding steroid dienone is 2. The van der Waals surface area contributed by atoms with E-state index in [-0.39, 0.29) is 11.6 Å². The van der Waals surface area contributed by atoms with E-state index in [9.17, 15) is 12.8 Å². The summed E-state index contributed by atoms with van der Waals surface area (Å²) in [5, 5.41) is 2.63. The molecule has 1 aliphatic rings. The lowest BCUT2D eigenvalue weighted by Gasteiger charge is -2.44. The summed E-state index contributed by atoms with van der Waals surface area (Å²) in [6.45, 7) is 11.8. The summed E-state index contributed by atoms with van der Waals surface area (Å²) in [4.78, 5) is 0. The molecule has 8 heteroatoms. The van der Waals surface area contributed by atoms with Gasteiger partial charge < -0.3 is 9.74 Å². The van der Waals surface area contributed by atoms with Crippen LogP contribution in [0.15, 0.2) is 24.2 Å². The Bertz CT molecular complexity index is 566. The van der Waals surface area contributed by atoms with Crippen molar-refractivity contribution >= 4 is 18.4 Å². The molecule has 0 aromatic rings. The molecule has 0 radical (unpaired) electrons. The van der Waals surface area contributed by atoms with E-state index in [4.69, 9.17) is 8.61 Å². The van der Waals surface area contributed by atoms with E-state index in [0.29, 0.717) is 0 Å². The number of nitrogens with one attached hydrogen (secondary N) is 1. The minimum atomic E-state index is -3.79. The fourth-order valence-corrected chi connectivity index (χ4v) is 4.50.